The normalized spacial score (nSPS) is 25.1. The van der Waals surface area contributed by atoms with Crippen LogP contribution in [0.25, 0.3) is 0 Å². The zero-order chi connectivity index (χ0) is 27.1. The molecule has 4 unspecified atom stereocenters. The summed E-state index contributed by atoms with van der Waals surface area (Å²) in [5, 5.41) is 0.0270. The fourth-order valence-corrected chi connectivity index (χ4v) is 11.0. The number of benzene rings is 3. The smallest absolute Gasteiger partial charge is 0.123 e. The molecule has 3 aliphatic carbocycles. The van der Waals surface area contributed by atoms with Crippen LogP contribution in [0.1, 0.15) is 30.7 Å². The van der Waals surface area contributed by atoms with Gasteiger partial charge in [-0.15, -0.1) is 0 Å². The van der Waals surface area contributed by atoms with Crippen LogP contribution in [-0.2, 0) is 0 Å². The Hall–Kier alpha value is -3.89. The molecule has 0 saturated heterocycles. The summed E-state index contributed by atoms with van der Waals surface area (Å²) in [6, 6.07) is 24.8. The molecular weight excluding hydrogens is 516 g/mol. The Bertz CT molecular complexity index is 1610. The highest BCUT2D eigenvalue weighted by molar-refractivity contribution is 8.34. The maximum absolute atomic E-state index is 14.3. The fourth-order valence-electron chi connectivity index (χ4n) is 6.70. The van der Waals surface area contributed by atoms with E-state index in [2.05, 4.69) is 89.9 Å². The SMILES string of the molecule is FC1=CCC(S(c2ccccc2)(c2ccc(F)cc2)c2ccc3c(c2)C2C=CC=CC2N3C2=CC=CCC2)C=C1. The molecule has 1 nitrogen and oxygen atoms in total. The summed E-state index contributed by atoms with van der Waals surface area (Å²) in [5.74, 6) is -0.207. The molecule has 0 spiro atoms. The number of hydrogen-bond donors (Lipinski definition) is 0. The maximum atomic E-state index is 14.3. The van der Waals surface area contributed by atoms with Crippen molar-refractivity contribution in [3.8, 4) is 0 Å². The van der Waals surface area contributed by atoms with E-state index in [9.17, 15) is 8.78 Å². The second-order valence-corrected chi connectivity index (χ2v) is 14.0. The first-order valence-corrected chi connectivity index (χ1v) is 15.7. The van der Waals surface area contributed by atoms with Gasteiger partial charge in [-0.2, -0.15) is 10.0 Å². The van der Waals surface area contributed by atoms with Crippen molar-refractivity contribution in [2.24, 2.45) is 0 Å². The average Bonchev–Trinajstić information content (AvgIpc) is 3.34. The number of hydrogen-bond acceptors (Lipinski definition) is 1. The van der Waals surface area contributed by atoms with E-state index >= 15 is 0 Å². The molecule has 0 amide bonds. The number of fused-ring (bicyclic) bond motifs is 3. The number of nitrogens with zero attached hydrogens (tertiary/aromatic N) is 1. The Morgan fingerprint density at radius 1 is 0.775 bits per heavy atom. The highest BCUT2D eigenvalue weighted by Gasteiger charge is 2.42. The fraction of sp³-hybridized carbons (Fsp3) is 0.167. The van der Waals surface area contributed by atoms with Crippen molar-refractivity contribution < 1.29 is 8.78 Å². The number of allylic oxidation sites excluding steroid dienone is 9. The Balaban J connectivity index is 1.47. The van der Waals surface area contributed by atoms with Gasteiger partial charge >= 0.3 is 0 Å². The first-order valence-electron chi connectivity index (χ1n) is 14.0. The molecule has 7 rings (SSSR count). The molecule has 0 N–H and O–H groups in total. The summed E-state index contributed by atoms with van der Waals surface area (Å²) in [6.07, 6.45) is 23.6. The molecule has 40 heavy (non-hydrogen) atoms. The summed E-state index contributed by atoms with van der Waals surface area (Å²) >= 11 is 0. The van der Waals surface area contributed by atoms with E-state index in [-0.39, 0.29) is 28.9 Å². The Labute approximate surface area is 236 Å². The van der Waals surface area contributed by atoms with Gasteiger partial charge in [0.25, 0.3) is 0 Å². The van der Waals surface area contributed by atoms with E-state index in [4.69, 9.17) is 0 Å². The molecule has 0 saturated carbocycles. The Kier molecular flexibility index (Phi) is 6.44. The highest BCUT2D eigenvalue weighted by Crippen LogP contribution is 2.73. The molecule has 1 aliphatic heterocycles. The van der Waals surface area contributed by atoms with Gasteiger partial charge in [0.1, 0.15) is 11.6 Å². The third-order valence-corrected chi connectivity index (χ3v) is 12.8. The third kappa shape index (κ3) is 4.05. The molecule has 1 heterocycles. The average molecular weight is 548 g/mol. The summed E-state index contributed by atoms with van der Waals surface area (Å²) in [7, 11) is -1.93. The molecular formula is C36H31F2NS. The van der Waals surface area contributed by atoms with Gasteiger partial charge in [-0.1, -0.05) is 60.7 Å². The lowest BCUT2D eigenvalue weighted by molar-refractivity contribution is 0.626. The minimum absolute atomic E-state index is 0.0270. The van der Waals surface area contributed by atoms with E-state index in [1.54, 1.807) is 24.3 Å². The summed E-state index contributed by atoms with van der Waals surface area (Å²) < 4.78 is 28.6. The van der Waals surface area contributed by atoms with Crippen molar-refractivity contribution in [1.29, 1.82) is 0 Å². The lowest BCUT2D eigenvalue weighted by Gasteiger charge is -2.47. The van der Waals surface area contributed by atoms with Crippen molar-refractivity contribution >= 4 is 15.7 Å². The van der Waals surface area contributed by atoms with Gasteiger partial charge in [-0.25, -0.2) is 8.78 Å². The first kappa shape index (κ1) is 25.1. The van der Waals surface area contributed by atoms with E-state index in [0.29, 0.717) is 6.42 Å². The topological polar surface area (TPSA) is 3.24 Å². The van der Waals surface area contributed by atoms with E-state index in [1.165, 1.54) is 26.7 Å². The van der Waals surface area contributed by atoms with Gasteiger partial charge < -0.3 is 4.90 Å². The minimum atomic E-state index is -1.93. The third-order valence-electron chi connectivity index (χ3n) is 8.46. The van der Waals surface area contributed by atoms with Crippen LogP contribution in [0.4, 0.5) is 14.5 Å². The van der Waals surface area contributed by atoms with Crippen LogP contribution in [-0.4, -0.2) is 11.3 Å². The van der Waals surface area contributed by atoms with Gasteiger partial charge in [0.05, 0.1) is 6.04 Å². The summed E-state index contributed by atoms with van der Waals surface area (Å²) in [5.41, 5.74) is 3.91. The molecule has 3 aromatic carbocycles. The van der Waals surface area contributed by atoms with Gasteiger partial charge in [-0.3, -0.25) is 0 Å². The zero-order valence-electron chi connectivity index (χ0n) is 22.2. The second-order valence-electron chi connectivity index (χ2n) is 10.7. The van der Waals surface area contributed by atoms with Crippen LogP contribution in [0.3, 0.4) is 0 Å². The monoisotopic (exact) mass is 547 g/mol. The van der Waals surface area contributed by atoms with Gasteiger partial charge in [0.2, 0.25) is 0 Å². The lowest BCUT2D eigenvalue weighted by atomic mass is 9.91. The van der Waals surface area contributed by atoms with Crippen molar-refractivity contribution in [2.45, 2.75) is 51.2 Å². The highest BCUT2D eigenvalue weighted by atomic mass is 32.3. The van der Waals surface area contributed by atoms with Crippen LogP contribution in [0, 0.1) is 5.82 Å². The molecule has 0 radical (unpaired) electrons. The molecule has 0 fully saturated rings. The summed E-state index contributed by atoms with van der Waals surface area (Å²) in [6.45, 7) is 0. The minimum Gasteiger partial charge on any atom is -0.337 e. The summed E-state index contributed by atoms with van der Waals surface area (Å²) in [4.78, 5) is 6.01. The van der Waals surface area contributed by atoms with Crippen LogP contribution in [0.15, 0.2) is 160 Å². The molecule has 4 atom stereocenters. The van der Waals surface area contributed by atoms with Crippen LogP contribution in [0.5, 0.6) is 0 Å². The van der Waals surface area contributed by atoms with Crippen LogP contribution < -0.4 is 4.90 Å². The van der Waals surface area contributed by atoms with Crippen molar-refractivity contribution in [2.75, 3.05) is 4.90 Å². The van der Waals surface area contributed by atoms with Gasteiger partial charge in [0.15, 0.2) is 0 Å². The molecule has 0 bridgehead atoms. The molecule has 4 heteroatoms. The molecule has 0 aromatic heterocycles. The maximum Gasteiger partial charge on any atom is 0.123 e. The van der Waals surface area contributed by atoms with Crippen molar-refractivity contribution in [3.05, 3.63) is 156 Å². The number of anilines is 1. The first-order chi connectivity index (χ1) is 19.7. The zero-order valence-corrected chi connectivity index (χ0v) is 23.0. The molecule has 4 aliphatic rings. The van der Waals surface area contributed by atoms with E-state index < -0.39 is 10.0 Å². The predicted octanol–water partition coefficient (Wildman–Crippen LogP) is 9.92. The number of halogens is 2. The van der Waals surface area contributed by atoms with E-state index in [0.717, 1.165) is 17.7 Å². The second kappa shape index (κ2) is 10.3. The van der Waals surface area contributed by atoms with Crippen LogP contribution >= 0.6 is 10.0 Å². The van der Waals surface area contributed by atoms with Crippen molar-refractivity contribution in [3.63, 3.8) is 0 Å². The quantitative estimate of drug-likeness (QED) is 0.307. The predicted molar refractivity (Wildman–Crippen MR) is 162 cm³/mol. The Morgan fingerprint density at radius 2 is 1.55 bits per heavy atom. The number of rotatable bonds is 5. The van der Waals surface area contributed by atoms with Crippen molar-refractivity contribution in [1.82, 2.24) is 0 Å². The Morgan fingerprint density at radius 3 is 2.30 bits per heavy atom. The standard InChI is InChI=1S/C36H31F2NS/c37-26-15-19-30(20-16-26)40(29-11-5-2-6-12-29,31-21-17-27(38)18-22-31)32-23-24-36-34(25-32)33-13-7-8-14-35(33)39(36)28-9-3-1-4-10-28/h1-3,5-9,11-21,23-25,31,33,35H,4,10,22H2. The van der Waals surface area contributed by atoms with Crippen LogP contribution in [0.2, 0.25) is 0 Å². The molecule has 200 valence electrons. The largest absolute Gasteiger partial charge is 0.337 e. The van der Waals surface area contributed by atoms with E-state index in [1.807, 2.05) is 24.3 Å². The van der Waals surface area contributed by atoms with Gasteiger partial charge in [-0.05, 0) is 112 Å². The molecule has 3 aromatic rings. The lowest BCUT2D eigenvalue weighted by Crippen LogP contribution is -2.32. The van der Waals surface area contributed by atoms with Gasteiger partial charge in [0, 0.05) is 22.6 Å².